The third-order valence-corrected chi connectivity index (χ3v) is 6.12. The topological polar surface area (TPSA) is 81.4 Å². The van der Waals surface area contributed by atoms with Crippen LogP contribution in [0.25, 0.3) is 10.4 Å². The molecule has 2 heterocycles. The van der Waals surface area contributed by atoms with E-state index in [2.05, 4.69) is 10.3 Å². The first-order valence-electron chi connectivity index (χ1n) is 9.70. The highest BCUT2D eigenvalue weighted by atomic mass is 32.1. The van der Waals surface area contributed by atoms with Gasteiger partial charge in [-0.15, -0.1) is 11.3 Å². The summed E-state index contributed by atoms with van der Waals surface area (Å²) in [5.74, 6) is 1.17. The average molecular weight is 437 g/mol. The Morgan fingerprint density at radius 3 is 2.32 bits per heavy atom. The molecule has 0 bridgehead atoms. The summed E-state index contributed by atoms with van der Waals surface area (Å²) in [6, 6.07) is 17.0. The van der Waals surface area contributed by atoms with E-state index in [9.17, 15) is 9.59 Å². The second-order valence-corrected chi connectivity index (χ2v) is 8.02. The quantitative estimate of drug-likeness (QED) is 0.596. The minimum Gasteiger partial charge on any atom is -0.497 e. The van der Waals surface area contributed by atoms with Crippen molar-refractivity contribution < 1.29 is 24.0 Å². The first-order chi connectivity index (χ1) is 15.1. The predicted molar refractivity (Wildman–Crippen MR) is 119 cm³/mol. The van der Waals surface area contributed by atoms with E-state index in [0.29, 0.717) is 22.0 Å². The summed E-state index contributed by atoms with van der Waals surface area (Å²) < 4.78 is 10.3. The van der Waals surface area contributed by atoms with Crippen LogP contribution >= 0.6 is 11.3 Å². The van der Waals surface area contributed by atoms with Gasteiger partial charge in [-0.3, -0.25) is 4.79 Å². The number of aliphatic imine (C=N–C) groups is 1. The van der Waals surface area contributed by atoms with Gasteiger partial charge in [0.15, 0.2) is 17.8 Å². The lowest BCUT2D eigenvalue weighted by Crippen LogP contribution is -3.15. The Labute approximate surface area is 183 Å². The number of amides is 2. The highest BCUT2D eigenvalue weighted by Gasteiger charge is 2.31. The van der Waals surface area contributed by atoms with Crippen molar-refractivity contribution in [2.75, 3.05) is 20.8 Å². The average Bonchev–Trinajstić information content (AvgIpc) is 3.25. The molecule has 4 rings (SSSR count). The minimum absolute atomic E-state index is 0.00625. The molecule has 0 fully saturated rings. The maximum absolute atomic E-state index is 12.9. The van der Waals surface area contributed by atoms with Gasteiger partial charge in [0.05, 0.1) is 19.9 Å². The molecule has 8 heteroatoms. The van der Waals surface area contributed by atoms with Crippen LogP contribution in [0.4, 0.5) is 5.69 Å². The van der Waals surface area contributed by atoms with Crippen molar-refractivity contribution in [1.29, 1.82) is 0 Å². The number of nitrogens with zero attached hydrogens (tertiary/aromatic N) is 1. The van der Waals surface area contributed by atoms with E-state index in [1.807, 2.05) is 54.6 Å². The molecule has 0 spiro atoms. The fraction of sp³-hybridized carbons (Fsp3) is 0.174. The first kappa shape index (κ1) is 20.8. The lowest BCUT2D eigenvalue weighted by Gasteiger charge is -2.14. The minimum atomic E-state index is -0.221. The van der Waals surface area contributed by atoms with Crippen molar-refractivity contribution in [3.05, 3.63) is 65.0 Å². The van der Waals surface area contributed by atoms with Crippen molar-refractivity contribution in [2.45, 2.75) is 6.54 Å². The summed E-state index contributed by atoms with van der Waals surface area (Å²) in [6.45, 7) is 0.376. The summed E-state index contributed by atoms with van der Waals surface area (Å²) in [6.07, 6.45) is 1.50. The molecular weight excluding hydrogens is 414 g/mol. The Morgan fingerprint density at radius 2 is 1.68 bits per heavy atom. The Kier molecular flexibility index (Phi) is 6.11. The van der Waals surface area contributed by atoms with Crippen molar-refractivity contribution in [1.82, 2.24) is 5.32 Å². The summed E-state index contributed by atoms with van der Waals surface area (Å²) >= 11 is 1.39. The highest BCUT2D eigenvalue weighted by molar-refractivity contribution is 7.18. The van der Waals surface area contributed by atoms with Crippen LogP contribution in [0.2, 0.25) is 0 Å². The number of hydrogen-bond donors (Lipinski definition) is 2. The van der Waals surface area contributed by atoms with Gasteiger partial charge < -0.3 is 14.8 Å². The molecule has 0 saturated heterocycles. The second kappa shape index (κ2) is 9.11. The molecule has 1 unspecified atom stereocenters. The summed E-state index contributed by atoms with van der Waals surface area (Å²) in [7, 11) is 3.23. The Bertz CT molecular complexity index is 1120. The fourth-order valence-electron chi connectivity index (χ4n) is 3.19. The molecule has 158 valence electrons. The lowest BCUT2D eigenvalue weighted by molar-refractivity contribution is -0.695. The number of ether oxygens (including phenoxy) is 2. The number of carbonyl (C=O) groups is 2. The third kappa shape index (κ3) is 4.65. The zero-order valence-corrected chi connectivity index (χ0v) is 18.0. The number of fused-ring (bicyclic) bond motifs is 1. The van der Waals surface area contributed by atoms with Crippen LogP contribution in [0.1, 0.15) is 15.2 Å². The largest absolute Gasteiger partial charge is 0.497 e. The number of nitrogens with one attached hydrogen (secondary N) is 2. The molecule has 7 nitrogen and oxygen atoms in total. The van der Waals surface area contributed by atoms with E-state index in [0.717, 1.165) is 27.5 Å². The SMILES string of the molecule is COc1ccc(CNC(=O)C[NH+]2C=Nc3cc(-c4ccc(OC)cc4)sc3C2=O)cc1. The van der Waals surface area contributed by atoms with Gasteiger partial charge in [0, 0.05) is 11.4 Å². The van der Waals surface area contributed by atoms with Crippen molar-refractivity contribution in [3.8, 4) is 21.9 Å². The van der Waals surface area contributed by atoms with E-state index in [1.54, 1.807) is 14.2 Å². The highest BCUT2D eigenvalue weighted by Crippen LogP contribution is 2.37. The molecule has 0 saturated carbocycles. The van der Waals surface area contributed by atoms with Crippen LogP contribution in [0, 0.1) is 0 Å². The molecule has 1 atom stereocenters. The Hall–Kier alpha value is -3.49. The standard InChI is InChI=1S/C23H21N3O4S/c1-29-17-7-3-15(4-8-17)12-24-21(27)13-26-14-25-19-11-20(31-22(19)23(26)28)16-5-9-18(30-2)10-6-16/h3-11,14H,12-13H2,1-2H3,(H,24,27)/p+1. The van der Waals surface area contributed by atoms with Gasteiger partial charge in [0.25, 0.3) is 5.91 Å². The number of thiophene rings is 1. The molecule has 3 aromatic rings. The molecule has 1 aliphatic rings. The predicted octanol–water partition coefficient (Wildman–Crippen LogP) is 2.45. The van der Waals surface area contributed by atoms with Crippen LogP contribution in [0.3, 0.4) is 0 Å². The number of carbonyl (C=O) groups excluding carboxylic acids is 2. The molecular formula is C23H22N3O4S+. The van der Waals surface area contributed by atoms with Gasteiger partial charge in [-0.25, -0.2) is 14.7 Å². The molecule has 31 heavy (non-hydrogen) atoms. The summed E-state index contributed by atoms with van der Waals surface area (Å²) in [5.41, 5.74) is 2.58. The van der Waals surface area contributed by atoms with Crippen LogP contribution in [-0.2, 0) is 11.3 Å². The Morgan fingerprint density at radius 1 is 1.03 bits per heavy atom. The molecule has 0 aliphatic carbocycles. The number of benzene rings is 2. The van der Waals surface area contributed by atoms with Crippen LogP contribution < -0.4 is 19.7 Å². The van der Waals surface area contributed by atoms with Crippen LogP contribution in [0.15, 0.2) is 59.6 Å². The van der Waals surface area contributed by atoms with Crippen molar-refractivity contribution in [3.63, 3.8) is 0 Å². The summed E-state index contributed by atoms with van der Waals surface area (Å²) in [4.78, 5) is 31.6. The second-order valence-electron chi connectivity index (χ2n) is 6.97. The normalized spacial score (nSPS) is 14.8. The van der Waals surface area contributed by atoms with Gasteiger partial charge in [-0.1, -0.05) is 12.1 Å². The van der Waals surface area contributed by atoms with Gasteiger partial charge in [0.2, 0.25) is 0 Å². The number of rotatable bonds is 7. The number of hydrogen-bond acceptors (Lipinski definition) is 6. The van der Waals surface area contributed by atoms with E-state index in [1.165, 1.54) is 17.7 Å². The van der Waals surface area contributed by atoms with Gasteiger partial charge in [0.1, 0.15) is 11.5 Å². The van der Waals surface area contributed by atoms with Gasteiger partial charge in [-0.05, 0) is 53.6 Å². The molecule has 2 amide bonds. The van der Waals surface area contributed by atoms with Gasteiger partial charge in [-0.2, -0.15) is 0 Å². The zero-order valence-electron chi connectivity index (χ0n) is 17.2. The number of quaternary nitrogens is 1. The van der Waals surface area contributed by atoms with Crippen molar-refractivity contribution >= 4 is 35.2 Å². The fourth-order valence-corrected chi connectivity index (χ4v) is 4.28. The van der Waals surface area contributed by atoms with E-state index in [4.69, 9.17) is 9.47 Å². The molecule has 1 aliphatic heterocycles. The lowest BCUT2D eigenvalue weighted by atomic mass is 10.1. The smallest absolute Gasteiger partial charge is 0.362 e. The Balaban J connectivity index is 1.39. The van der Waals surface area contributed by atoms with Crippen molar-refractivity contribution in [2.24, 2.45) is 4.99 Å². The maximum Gasteiger partial charge on any atom is 0.362 e. The molecule has 2 aromatic carbocycles. The first-order valence-corrected chi connectivity index (χ1v) is 10.5. The van der Waals surface area contributed by atoms with E-state index < -0.39 is 0 Å². The number of methoxy groups -OCH3 is 2. The summed E-state index contributed by atoms with van der Waals surface area (Å²) in [5, 5.41) is 2.85. The monoisotopic (exact) mass is 436 g/mol. The third-order valence-electron chi connectivity index (χ3n) is 4.94. The van der Waals surface area contributed by atoms with E-state index >= 15 is 0 Å². The van der Waals surface area contributed by atoms with E-state index in [-0.39, 0.29) is 18.4 Å². The maximum atomic E-state index is 12.9. The van der Waals surface area contributed by atoms with Crippen LogP contribution in [0.5, 0.6) is 11.5 Å². The molecule has 2 N–H and O–H groups in total. The molecule has 1 aromatic heterocycles. The van der Waals surface area contributed by atoms with Gasteiger partial charge >= 0.3 is 5.91 Å². The zero-order chi connectivity index (χ0) is 21.8. The molecule has 0 radical (unpaired) electrons. The van der Waals surface area contributed by atoms with Crippen LogP contribution in [-0.4, -0.2) is 38.9 Å².